The predicted molar refractivity (Wildman–Crippen MR) is 74.8 cm³/mol. The van der Waals surface area contributed by atoms with Gasteiger partial charge in [0.15, 0.2) is 0 Å². The molecule has 5 nitrogen and oxygen atoms in total. The Balaban J connectivity index is 2.86. The van der Waals surface area contributed by atoms with Gasteiger partial charge in [0, 0.05) is 24.5 Å². The van der Waals surface area contributed by atoms with E-state index in [9.17, 15) is 8.42 Å². The van der Waals surface area contributed by atoms with Crippen molar-refractivity contribution in [2.45, 2.75) is 20.8 Å². The zero-order chi connectivity index (χ0) is 13.8. The van der Waals surface area contributed by atoms with Gasteiger partial charge < -0.3 is 10.2 Å². The highest BCUT2D eigenvalue weighted by Gasteiger charge is 2.07. The first kappa shape index (κ1) is 14.8. The number of nitrogens with zero attached hydrogens (tertiary/aromatic N) is 1. The lowest BCUT2D eigenvalue weighted by atomic mass is 10.1. The zero-order valence-electron chi connectivity index (χ0n) is 11.0. The van der Waals surface area contributed by atoms with Crippen molar-refractivity contribution in [2.75, 3.05) is 29.2 Å². The molecule has 102 valence electrons. The number of hydrogen-bond donors (Lipinski definition) is 2. The van der Waals surface area contributed by atoms with Crippen LogP contribution in [0.2, 0.25) is 0 Å². The highest BCUT2D eigenvalue weighted by Crippen LogP contribution is 2.22. The molecule has 1 aromatic rings. The molecule has 0 atom stereocenters. The van der Waals surface area contributed by atoms with E-state index in [4.69, 9.17) is 4.55 Å². The van der Waals surface area contributed by atoms with Gasteiger partial charge in [-0.3, -0.25) is 4.55 Å². The van der Waals surface area contributed by atoms with Gasteiger partial charge >= 0.3 is 0 Å². The largest absolute Gasteiger partial charge is 0.372 e. The molecule has 0 aliphatic rings. The van der Waals surface area contributed by atoms with Crippen LogP contribution in [-0.4, -0.2) is 31.9 Å². The molecule has 0 saturated heterocycles. The van der Waals surface area contributed by atoms with Gasteiger partial charge in [-0.15, -0.1) is 0 Å². The van der Waals surface area contributed by atoms with Crippen molar-refractivity contribution in [1.29, 1.82) is 0 Å². The van der Waals surface area contributed by atoms with Crippen LogP contribution in [0.1, 0.15) is 19.4 Å². The summed E-state index contributed by atoms with van der Waals surface area (Å²) in [7, 11) is -4.00. The average molecular weight is 272 g/mol. The zero-order valence-corrected chi connectivity index (χ0v) is 11.8. The highest BCUT2D eigenvalue weighted by molar-refractivity contribution is 7.85. The fraction of sp³-hybridized carbons (Fsp3) is 0.500. The van der Waals surface area contributed by atoms with Crippen LogP contribution in [-0.2, 0) is 10.1 Å². The third kappa shape index (κ3) is 4.19. The Morgan fingerprint density at radius 3 is 2.33 bits per heavy atom. The Kier molecular flexibility index (Phi) is 4.98. The van der Waals surface area contributed by atoms with Gasteiger partial charge in [0.25, 0.3) is 10.1 Å². The maximum absolute atomic E-state index is 10.7. The minimum atomic E-state index is -4.00. The molecule has 0 radical (unpaired) electrons. The molecular formula is C12H20N2O3S. The predicted octanol–water partition coefficient (Wildman–Crippen LogP) is 2.10. The van der Waals surface area contributed by atoms with Crippen LogP contribution in [0.4, 0.5) is 11.4 Å². The third-order valence-corrected chi connectivity index (χ3v) is 3.29. The van der Waals surface area contributed by atoms with Gasteiger partial charge in [-0.2, -0.15) is 8.42 Å². The average Bonchev–Trinajstić information content (AvgIpc) is 2.28. The second kappa shape index (κ2) is 6.06. The van der Waals surface area contributed by atoms with E-state index in [1.54, 1.807) is 0 Å². The van der Waals surface area contributed by atoms with Crippen LogP contribution in [0.5, 0.6) is 0 Å². The molecule has 18 heavy (non-hydrogen) atoms. The van der Waals surface area contributed by atoms with Gasteiger partial charge in [-0.25, -0.2) is 0 Å². The maximum atomic E-state index is 10.7. The summed E-state index contributed by atoms with van der Waals surface area (Å²) >= 11 is 0. The summed E-state index contributed by atoms with van der Waals surface area (Å²) < 4.78 is 30.0. The van der Waals surface area contributed by atoms with Crippen LogP contribution in [0.25, 0.3) is 0 Å². The standard InChI is InChI=1S/C12H20N2O3S/c1-4-14(5-2)11-6-7-12(10(3)8-11)13-9-18(15,16)17/h6-8,13H,4-5,9H2,1-3H3,(H,15,16,17). The molecule has 0 aliphatic carbocycles. The minimum absolute atomic E-state index is 0.474. The molecule has 1 rings (SSSR count). The molecule has 0 spiro atoms. The normalized spacial score (nSPS) is 11.3. The van der Waals surface area contributed by atoms with E-state index >= 15 is 0 Å². The summed E-state index contributed by atoms with van der Waals surface area (Å²) in [6.45, 7) is 7.92. The summed E-state index contributed by atoms with van der Waals surface area (Å²) in [6, 6.07) is 5.76. The van der Waals surface area contributed by atoms with Crippen LogP contribution in [0, 0.1) is 6.92 Å². The molecule has 0 fully saturated rings. The van der Waals surface area contributed by atoms with Crippen molar-refractivity contribution in [1.82, 2.24) is 0 Å². The number of anilines is 2. The van der Waals surface area contributed by atoms with Crippen LogP contribution < -0.4 is 10.2 Å². The van der Waals surface area contributed by atoms with E-state index in [0.717, 1.165) is 24.3 Å². The summed E-state index contributed by atoms with van der Waals surface area (Å²) in [5.74, 6) is -0.474. The molecule has 0 aromatic heterocycles. The van der Waals surface area contributed by atoms with E-state index in [1.165, 1.54) is 0 Å². The Labute approximate surface area is 109 Å². The number of nitrogens with one attached hydrogen (secondary N) is 1. The molecule has 6 heteroatoms. The number of aryl methyl sites for hydroxylation is 1. The fourth-order valence-electron chi connectivity index (χ4n) is 1.80. The van der Waals surface area contributed by atoms with E-state index in [2.05, 4.69) is 24.1 Å². The van der Waals surface area contributed by atoms with E-state index in [1.807, 2.05) is 25.1 Å². The summed E-state index contributed by atoms with van der Waals surface area (Å²) in [5, 5.41) is 2.70. The smallest absolute Gasteiger partial charge is 0.283 e. The lowest BCUT2D eigenvalue weighted by Gasteiger charge is -2.22. The second-order valence-corrected chi connectivity index (χ2v) is 5.53. The van der Waals surface area contributed by atoms with Crippen LogP contribution >= 0.6 is 0 Å². The molecule has 0 aliphatic heterocycles. The van der Waals surface area contributed by atoms with E-state index < -0.39 is 16.0 Å². The van der Waals surface area contributed by atoms with Gasteiger partial charge in [0.05, 0.1) is 0 Å². The van der Waals surface area contributed by atoms with Gasteiger partial charge in [-0.1, -0.05) is 0 Å². The van der Waals surface area contributed by atoms with E-state index in [-0.39, 0.29) is 0 Å². The van der Waals surface area contributed by atoms with Gasteiger partial charge in [0.2, 0.25) is 0 Å². The number of benzene rings is 1. The van der Waals surface area contributed by atoms with Crippen molar-refractivity contribution >= 4 is 21.5 Å². The van der Waals surface area contributed by atoms with Crippen molar-refractivity contribution in [3.8, 4) is 0 Å². The maximum Gasteiger partial charge on any atom is 0.283 e. The Morgan fingerprint density at radius 2 is 1.89 bits per heavy atom. The Hall–Kier alpha value is -1.27. The number of hydrogen-bond acceptors (Lipinski definition) is 4. The van der Waals surface area contributed by atoms with Crippen molar-refractivity contribution in [3.63, 3.8) is 0 Å². The molecule has 0 amide bonds. The first-order chi connectivity index (χ1) is 8.37. The van der Waals surface area contributed by atoms with E-state index in [0.29, 0.717) is 5.69 Å². The molecular weight excluding hydrogens is 252 g/mol. The summed E-state index contributed by atoms with van der Waals surface area (Å²) in [4.78, 5) is 2.21. The van der Waals surface area contributed by atoms with Crippen molar-refractivity contribution < 1.29 is 13.0 Å². The third-order valence-electron chi connectivity index (χ3n) is 2.78. The van der Waals surface area contributed by atoms with Crippen molar-refractivity contribution in [3.05, 3.63) is 23.8 Å². The topological polar surface area (TPSA) is 69.6 Å². The summed E-state index contributed by atoms with van der Waals surface area (Å²) in [6.07, 6.45) is 0. The SMILES string of the molecule is CCN(CC)c1ccc(NCS(=O)(=O)O)c(C)c1. The lowest BCUT2D eigenvalue weighted by molar-refractivity contribution is 0.485. The second-order valence-electron chi connectivity index (χ2n) is 4.07. The summed E-state index contributed by atoms with van der Waals surface area (Å²) in [5.41, 5.74) is 2.77. The van der Waals surface area contributed by atoms with Gasteiger partial charge in [-0.05, 0) is 44.5 Å². The Bertz CT molecular complexity index is 496. The monoisotopic (exact) mass is 272 g/mol. The first-order valence-electron chi connectivity index (χ1n) is 5.92. The molecule has 0 bridgehead atoms. The van der Waals surface area contributed by atoms with Crippen molar-refractivity contribution in [2.24, 2.45) is 0 Å². The fourth-order valence-corrected chi connectivity index (χ4v) is 2.14. The highest BCUT2D eigenvalue weighted by atomic mass is 32.2. The minimum Gasteiger partial charge on any atom is -0.372 e. The Morgan fingerprint density at radius 1 is 1.28 bits per heavy atom. The lowest BCUT2D eigenvalue weighted by Crippen LogP contribution is -2.22. The quantitative estimate of drug-likeness (QED) is 0.776. The molecule has 0 heterocycles. The molecule has 2 N–H and O–H groups in total. The first-order valence-corrected chi connectivity index (χ1v) is 7.53. The molecule has 0 unspecified atom stereocenters. The molecule has 0 saturated carbocycles. The van der Waals surface area contributed by atoms with Gasteiger partial charge in [0.1, 0.15) is 5.88 Å². The van der Waals surface area contributed by atoms with Crippen LogP contribution in [0.3, 0.4) is 0 Å². The number of rotatable bonds is 6. The molecule has 1 aromatic carbocycles. The van der Waals surface area contributed by atoms with Crippen LogP contribution in [0.15, 0.2) is 18.2 Å².